The zero-order valence-corrected chi connectivity index (χ0v) is 14.1. The maximum absolute atomic E-state index is 12.1. The topological polar surface area (TPSA) is 110 Å². The van der Waals surface area contributed by atoms with Crippen molar-refractivity contribution in [2.24, 2.45) is 5.73 Å². The summed E-state index contributed by atoms with van der Waals surface area (Å²) < 4.78 is 5.05. The third-order valence-corrected chi connectivity index (χ3v) is 3.90. The molecule has 3 aromatic heterocycles. The van der Waals surface area contributed by atoms with E-state index in [1.165, 1.54) is 0 Å². The highest BCUT2D eigenvalue weighted by atomic mass is 35.5. The van der Waals surface area contributed by atoms with Gasteiger partial charge in [0.25, 0.3) is 5.91 Å². The molecule has 0 fully saturated rings. The van der Waals surface area contributed by atoms with Crippen molar-refractivity contribution >= 4 is 28.4 Å². The van der Waals surface area contributed by atoms with E-state index in [2.05, 4.69) is 20.4 Å². The molecule has 126 valence electrons. The molecule has 8 heteroatoms. The molecule has 0 saturated carbocycles. The zero-order chi connectivity index (χ0) is 17.3. The van der Waals surface area contributed by atoms with E-state index in [-0.39, 0.29) is 11.7 Å². The molecule has 3 rings (SSSR count). The van der Waals surface area contributed by atoms with Gasteiger partial charge in [-0.1, -0.05) is 16.8 Å². The number of nitrogens with one attached hydrogen (secondary N) is 2. The SMILES string of the molecule is CC(C)(N)c1cc(C(=O)NCCc2c[nH]c3cnc(Cl)cc23)on1. The summed E-state index contributed by atoms with van der Waals surface area (Å²) in [6, 6.07) is 3.36. The number of hydrogen-bond donors (Lipinski definition) is 3. The number of aromatic nitrogens is 3. The molecule has 0 atom stereocenters. The predicted octanol–water partition coefficient (Wildman–Crippen LogP) is 2.37. The van der Waals surface area contributed by atoms with Crippen molar-refractivity contribution in [3.8, 4) is 0 Å². The number of fused-ring (bicyclic) bond motifs is 1. The number of nitrogens with two attached hydrogens (primary N) is 1. The molecule has 0 aromatic carbocycles. The summed E-state index contributed by atoms with van der Waals surface area (Å²) in [6.07, 6.45) is 4.22. The number of pyridine rings is 1. The fourth-order valence-corrected chi connectivity index (χ4v) is 2.50. The molecular weight excluding hydrogens is 330 g/mol. The Balaban J connectivity index is 1.62. The molecule has 0 unspecified atom stereocenters. The molecular formula is C16H18ClN5O2. The van der Waals surface area contributed by atoms with Gasteiger partial charge in [-0.3, -0.25) is 4.79 Å². The van der Waals surface area contributed by atoms with E-state index in [1.54, 1.807) is 32.2 Å². The van der Waals surface area contributed by atoms with Crippen molar-refractivity contribution in [1.29, 1.82) is 0 Å². The lowest BCUT2D eigenvalue weighted by molar-refractivity contribution is 0.0917. The predicted molar refractivity (Wildman–Crippen MR) is 90.9 cm³/mol. The van der Waals surface area contributed by atoms with Crippen LogP contribution >= 0.6 is 11.6 Å². The highest BCUT2D eigenvalue weighted by Crippen LogP contribution is 2.21. The molecule has 0 radical (unpaired) electrons. The molecule has 0 aliphatic carbocycles. The summed E-state index contributed by atoms with van der Waals surface area (Å²) in [6.45, 7) is 4.04. The van der Waals surface area contributed by atoms with Gasteiger partial charge in [0, 0.05) is 24.2 Å². The van der Waals surface area contributed by atoms with E-state index in [1.807, 2.05) is 6.20 Å². The highest BCUT2D eigenvalue weighted by molar-refractivity contribution is 6.30. The molecule has 0 aliphatic heterocycles. The van der Waals surface area contributed by atoms with Gasteiger partial charge in [0.2, 0.25) is 5.76 Å². The summed E-state index contributed by atoms with van der Waals surface area (Å²) in [5, 5.41) is 8.07. The molecule has 0 bridgehead atoms. The van der Waals surface area contributed by atoms with Crippen LogP contribution in [-0.2, 0) is 12.0 Å². The minimum Gasteiger partial charge on any atom is -0.360 e. The van der Waals surface area contributed by atoms with Crippen LogP contribution in [0, 0.1) is 0 Å². The van der Waals surface area contributed by atoms with Gasteiger partial charge >= 0.3 is 0 Å². The Labute approximate surface area is 143 Å². The first-order valence-electron chi connectivity index (χ1n) is 7.50. The summed E-state index contributed by atoms with van der Waals surface area (Å²) in [4.78, 5) is 19.3. The van der Waals surface area contributed by atoms with Gasteiger partial charge in [-0.15, -0.1) is 0 Å². The lowest BCUT2D eigenvalue weighted by Crippen LogP contribution is -2.29. The molecule has 0 aliphatic rings. The number of amides is 1. The van der Waals surface area contributed by atoms with E-state index in [0.717, 1.165) is 16.5 Å². The third kappa shape index (κ3) is 3.42. The minimum atomic E-state index is -0.653. The second kappa shape index (κ2) is 6.26. The summed E-state index contributed by atoms with van der Waals surface area (Å²) in [5.41, 5.74) is 7.77. The number of nitrogens with zero attached hydrogens (tertiary/aromatic N) is 2. The Morgan fingerprint density at radius 3 is 2.96 bits per heavy atom. The van der Waals surface area contributed by atoms with E-state index >= 15 is 0 Å². The normalized spacial score (nSPS) is 11.8. The Bertz CT molecular complexity index is 878. The first-order chi connectivity index (χ1) is 11.3. The van der Waals surface area contributed by atoms with Gasteiger partial charge in [-0.2, -0.15) is 0 Å². The van der Waals surface area contributed by atoms with Crippen LogP contribution < -0.4 is 11.1 Å². The molecule has 24 heavy (non-hydrogen) atoms. The number of aromatic amines is 1. The molecule has 3 heterocycles. The van der Waals surface area contributed by atoms with Crippen LogP contribution in [0.1, 0.15) is 35.7 Å². The number of rotatable bonds is 5. The average Bonchev–Trinajstić information content (AvgIpc) is 3.14. The van der Waals surface area contributed by atoms with Gasteiger partial charge < -0.3 is 20.6 Å². The monoisotopic (exact) mass is 347 g/mol. The smallest absolute Gasteiger partial charge is 0.289 e. The maximum Gasteiger partial charge on any atom is 0.289 e. The van der Waals surface area contributed by atoms with Crippen LogP contribution in [0.2, 0.25) is 5.15 Å². The minimum absolute atomic E-state index is 0.148. The summed E-state index contributed by atoms with van der Waals surface area (Å²) >= 11 is 5.93. The van der Waals surface area contributed by atoms with E-state index in [9.17, 15) is 4.79 Å². The van der Waals surface area contributed by atoms with Crippen molar-refractivity contribution in [3.63, 3.8) is 0 Å². The highest BCUT2D eigenvalue weighted by Gasteiger charge is 2.22. The molecule has 1 amide bonds. The van der Waals surface area contributed by atoms with Gasteiger partial charge in [0.15, 0.2) is 0 Å². The molecule has 3 aromatic rings. The van der Waals surface area contributed by atoms with Gasteiger partial charge in [-0.05, 0) is 31.9 Å². The summed E-state index contributed by atoms with van der Waals surface area (Å²) in [5.74, 6) is -0.174. The van der Waals surface area contributed by atoms with Crippen LogP contribution in [-0.4, -0.2) is 27.6 Å². The van der Waals surface area contributed by atoms with Crippen molar-refractivity contribution in [1.82, 2.24) is 20.4 Å². The lowest BCUT2D eigenvalue weighted by atomic mass is 10.0. The number of hydrogen-bond acceptors (Lipinski definition) is 5. The Hall–Kier alpha value is -2.38. The van der Waals surface area contributed by atoms with Gasteiger partial charge in [0.1, 0.15) is 10.8 Å². The van der Waals surface area contributed by atoms with Gasteiger partial charge in [-0.25, -0.2) is 4.98 Å². The molecule has 7 nitrogen and oxygen atoms in total. The Morgan fingerprint density at radius 2 is 2.25 bits per heavy atom. The first-order valence-corrected chi connectivity index (χ1v) is 7.88. The second-order valence-corrected chi connectivity index (χ2v) is 6.56. The second-order valence-electron chi connectivity index (χ2n) is 6.17. The first kappa shape index (κ1) is 16.5. The standard InChI is InChI=1S/C16H18ClN5O2/c1-16(2,18)13-6-12(24-22-13)15(23)19-4-3-9-7-20-11-8-21-14(17)5-10(9)11/h5-8,20H,3-4,18H2,1-2H3,(H,19,23). The van der Waals surface area contributed by atoms with Crippen molar-refractivity contribution in [3.05, 3.63) is 46.7 Å². The quantitative estimate of drug-likeness (QED) is 0.614. The summed E-state index contributed by atoms with van der Waals surface area (Å²) in [7, 11) is 0. The zero-order valence-electron chi connectivity index (χ0n) is 13.4. The van der Waals surface area contributed by atoms with E-state index < -0.39 is 5.54 Å². The van der Waals surface area contributed by atoms with Crippen molar-refractivity contribution in [2.45, 2.75) is 25.8 Å². The Kier molecular flexibility index (Phi) is 4.29. The number of halogens is 1. The third-order valence-electron chi connectivity index (χ3n) is 3.69. The Morgan fingerprint density at radius 1 is 1.46 bits per heavy atom. The number of H-pyrrole nitrogens is 1. The maximum atomic E-state index is 12.1. The van der Waals surface area contributed by atoms with Crippen LogP contribution in [0.15, 0.2) is 29.0 Å². The van der Waals surface area contributed by atoms with Crippen LogP contribution in [0.4, 0.5) is 0 Å². The molecule has 0 spiro atoms. The van der Waals surface area contributed by atoms with Crippen LogP contribution in [0.25, 0.3) is 10.9 Å². The van der Waals surface area contributed by atoms with Crippen molar-refractivity contribution in [2.75, 3.05) is 6.54 Å². The van der Waals surface area contributed by atoms with E-state index in [4.69, 9.17) is 21.9 Å². The van der Waals surface area contributed by atoms with E-state index in [0.29, 0.717) is 23.8 Å². The lowest BCUT2D eigenvalue weighted by Gasteiger charge is -2.12. The molecule has 4 N–H and O–H groups in total. The fourth-order valence-electron chi connectivity index (χ4n) is 2.34. The van der Waals surface area contributed by atoms with Crippen molar-refractivity contribution < 1.29 is 9.32 Å². The average molecular weight is 348 g/mol. The number of carbonyl (C=O) groups excluding carboxylic acids is 1. The number of carbonyl (C=O) groups is 1. The molecule has 0 saturated heterocycles. The largest absolute Gasteiger partial charge is 0.360 e. The van der Waals surface area contributed by atoms with Gasteiger partial charge in [0.05, 0.1) is 17.3 Å². The van der Waals surface area contributed by atoms with Crippen LogP contribution in [0.3, 0.4) is 0 Å². The fraction of sp³-hybridized carbons (Fsp3) is 0.312. The van der Waals surface area contributed by atoms with Crippen LogP contribution in [0.5, 0.6) is 0 Å².